The Morgan fingerprint density at radius 2 is 1.65 bits per heavy atom. The predicted molar refractivity (Wildman–Crippen MR) is 83.8 cm³/mol. The van der Waals surface area contributed by atoms with Gasteiger partial charge in [0.15, 0.2) is 0 Å². The van der Waals surface area contributed by atoms with Gasteiger partial charge in [-0.15, -0.1) is 0 Å². The maximum absolute atomic E-state index is 5.91. The Balaban J connectivity index is 2.11. The molecule has 2 N–H and O–H groups in total. The third kappa shape index (κ3) is 3.61. The second-order valence-corrected chi connectivity index (χ2v) is 6.04. The second kappa shape index (κ2) is 6.10. The predicted octanol–water partition coefficient (Wildman–Crippen LogP) is 4.02. The topological polar surface area (TPSA) is 35.2 Å². The highest BCUT2D eigenvalue weighted by Crippen LogP contribution is 2.26. The molecule has 106 valence electrons. The van der Waals surface area contributed by atoms with Crippen LogP contribution in [-0.2, 0) is 18.6 Å². The van der Waals surface area contributed by atoms with Gasteiger partial charge in [-0.1, -0.05) is 57.2 Å². The van der Waals surface area contributed by atoms with Gasteiger partial charge in [0.1, 0.15) is 12.4 Å². The zero-order valence-electron chi connectivity index (χ0n) is 12.5. The smallest absolute Gasteiger partial charge is 0.120 e. The van der Waals surface area contributed by atoms with E-state index in [-0.39, 0.29) is 5.41 Å². The molecule has 0 radical (unpaired) electrons. The van der Waals surface area contributed by atoms with Crippen LogP contribution in [0.2, 0.25) is 0 Å². The molecule has 2 nitrogen and oxygen atoms in total. The molecule has 2 heteroatoms. The van der Waals surface area contributed by atoms with Crippen LogP contribution in [0.1, 0.15) is 37.5 Å². The summed E-state index contributed by atoms with van der Waals surface area (Å²) in [6, 6.07) is 16.4. The zero-order valence-corrected chi connectivity index (χ0v) is 12.5. The molecule has 0 saturated heterocycles. The van der Waals surface area contributed by atoms with Crippen molar-refractivity contribution in [3.05, 3.63) is 65.2 Å². The zero-order chi connectivity index (χ0) is 14.6. The average molecular weight is 269 g/mol. The summed E-state index contributed by atoms with van der Waals surface area (Å²) in [6.45, 7) is 7.71. The molecule has 0 aliphatic rings. The summed E-state index contributed by atoms with van der Waals surface area (Å²) in [5.74, 6) is 0.907. The largest absolute Gasteiger partial charge is 0.489 e. The Kier molecular flexibility index (Phi) is 4.46. The van der Waals surface area contributed by atoms with E-state index in [2.05, 4.69) is 39.0 Å². The maximum Gasteiger partial charge on any atom is 0.120 e. The minimum absolute atomic E-state index is 0.133. The van der Waals surface area contributed by atoms with Gasteiger partial charge in [0.05, 0.1) is 0 Å². The fourth-order valence-electron chi connectivity index (χ4n) is 2.11. The van der Waals surface area contributed by atoms with Crippen LogP contribution in [0.3, 0.4) is 0 Å². The van der Waals surface area contributed by atoms with Crippen molar-refractivity contribution in [3.63, 3.8) is 0 Å². The first-order valence-corrected chi connectivity index (χ1v) is 7.01. The van der Waals surface area contributed by atoms with E-state index in [0.29, 0.717) is 13.2 Å². The summed E-state index contributed by atoms with van der Waals surface area (Å²) in [7, 11) is 0. The van der Waals surface area contributed by atoms with Crippen LogP contribution in [0.4, 0.5) is 0 Å². The lowest BCUT2D eigenvalue weighted by Crippen LogP contribution is -2.11. The summed E-state index contributed by atoms with van der Waals surface area (Å²) in [5, 5.41) is 0. The summed E-state index contributed by atoms with van der Waals surface area (Å²) in [4.78, 5) is 0. The van der Waals surface area contributed by atoms with Gasteiger partial charge in [0.2, 0.25) is 0 Å². The Labute approximate surface area is 121 Å². The van der Waals surface area contributed by atoms with Gasteiger partial charge in [-0.05, 0) is 34.2 Å². The van der Waals surface area contributed by atoms with Gasteiger partial charge in [-0.3, -0.25) is 0 Å². The molecule has 0 spiro atoms. The highest BCUT2D eigenvalue weighted by molar-refractivity contribution is 5.33. The minimum Gasteiger partial charge on any atom is -0.489 e. The second-order valence-electron chi connectivity index (χ2n) is 6.04. The van der Waals surface area contributed by atoms with Crippen molar-refractivity contribution in [1.82, 2.24) is 0 Å². The van der Waals surface area contributed by atoms with E-state index in [1.54, 1.807) is 0 Å². The minimum atomic E-state index is 0.133. The molecule has 2 aromatic carbocycles. The van der Waals surface area contributed by atoms with E-state index in [4.69, 9.17) is 10.5 Å². The lowest BCUT2D eigenvalue weighted by molar-refractivity contribution is 0.304. The molecule has 0 aromatic heterocycles. The van der Waals surface area contributed by atoms with Gasteiger partial charge in [-0.2, -0.15) is 0 Å². The lowest BCUT2D eigenvalue weighted by atomic mass is 9.87. The Morgan fingerprint density at radius 1 is 0.950 bits per heavy atom. The molecule has 0 fully saturated rings. The Morgan fingerprint density at radius 3 is 2.30 bits per heavy atom. The number of ether oxygens (including phenoxy) is 1. The van der Waals surface area contributed by atoms with Crippen molar-refractivity contribution in [2.45, 2.75) is 39.3 Å². The molecule has 0 aliphatic carbocycles. The van der Waals surface area contributed by atoms with Gasteiger partial charge in [0.25, 0.3) is 0 Å². The van der Waals surface area contributed by atoms with Gasteiger partial charge >= 0.3 is 0 Å². The van der Waals surface area contributed by atoms with E-state index in [1.807, 2.05) is 30.3 Å². The third-order valence-corrected chi connectivity index (χ3v) is 3.43. The molecule has 0 heterocycles. The fraction of sp³-hybridized carbons (Fsp3) is 0.333. The molecule has 0 bridgehead atoms. The summed E-state index contributed by atoms with van der Waals surface area (Å²) < 4.78 is 5.91. The summed E-state index contributed by atoms with van der Waals surface area (Å²) in [5.41, 5.74) is 9.45. The van der Waals surface area contributed by atoms with Gasteiger partial charge in [0, 0.05) is 6.54 Å². The molecule has 20 heavy (non-hydrogen) atoms. The summed E-state index contributed by atoms with van der Waals surface area (Å²) >= 11 is 0. The Bertz CT molecular complexity index is 570. The lowest BCUT2D eigenvalue weighted by Gasteiger charge is -2.20. The van der Waals surface area contributed by atoms with E-state index < -0.39 is 0 Å². The van der Waals surface area contributed by atoms with Gasteiger partial charge in [-0.25, -0.2) is 0 Å². The highest BCUT2D eigenvalue weighted by Gasteiger charge is 2.14. The molecule has 2 aromatic rings. The molecule has 0 saturated carbocycles. The monoisotopic (exact) mass is 269 g/mol. The third-order valence-electron chi connectivity index (χ3n) is 3.43. The number of hydrogen-bond donors (Lipinski definition) is 1. The standard InChI is InChI=1S/C18H23NO/c1-18(2,3)16-9-6-10-17(11-16)20-13-15-8-5-4-7-14(15)12-19/h4-11H,12-13,19H2,1-3H3. The summed E-state index contributed by atoms with van der Waals surface area (Å²) in [6.07, 6.45) is 0. The van der Waals surface area contributed by atoms with Crippen molar-refractivity contribution in [2.75, 3.05) is 0 Å². The van der Waals surface area contributed by atoms with E-state index in [9.17, 15) is 0 Å². The van der Waals surface area contributed by atoms with Crippen molar-refractivity contribution in [2.24, 2.45) is 5.73 Å². The first-order valence-electron chi connectivity index (χ1n) is 7.01. The van der Waals surface area contributed by atoms with E-state index >= 15 is 0 Å². The molecule has 0 amide bonds. The average Bonchev–Trinajstić information content (AvgIpc) is 2.45. The molecule has 0 aliphatic heterocycles. The van der Waals surface area contributed by atoms with Crippen LogP contribution in [0.15, 0.2) is 48.5 Å². The van der Waals surface area contributed by atoms with Crippen molar-refractivity contribution < 1.29 is 4.74 Å². The molecular weight excluding hydrogens is 246 g/mol. The van der Waals surface area contributed by atoms with Crippen LogP contribution in [-0.4, -0.2) is 0 Å². The molecule has 2 rings (SSSR count). The highest BCUT2D eigenvalue weighted by atomic mass is 16.5. The first-order chi connectivity index (χ1) is 9.50. The van der Waals surface area contributed by atoms with Crippen molar-refractivity contribution in [1.29, 1.82) is 0 Å². The van der Waals surface area contributed by atoms with Crippen LogP contribution >= 0.6 is 0 Å². The van der Waals surface area contributed by atoms with E-state index in [1.165, 1.54) is 5.56 Å². The molecule has 0 atom stereocenters. The van der Waals surface area contributed by atoms with Crippen LogP contribution in [0.25, 0.3) is 0 Å². The fourth-order valence-corrected chi connectivity index (χ4v) is 2.11. The van der Waals surface area contributed by atoms with Crippen molar-refractivity contribution in [3.8, 4) is 5.75 Å². The van der Waals surface area contributed by atoms with Crippen LogP contribution in [0.5, 0.6) is 5.75 Å². The quantitative estimate of drug-likeness (QED) is 0.909. The SMILES string of the molecule is CC(C)(C)c1cccc(OCc2ccccc2CN)c1. The number of rotatable bonds is 4. The number of benzene rings is 2. The Hall–Kier alpha value is -1.80. The molecular formula is C18H23NO. The first kappa shape index (κ1) is 14.6. The van der Waals surface area contributed by atoms with Gasteiger partial charge < -0.3 is 10.5 Å². The maximum atomic E-state index is 5.91. The molecule has 0 unspecified atom stereocenters. The van der Waals surface area contributed by atoms with E-state index in [0.717, 1.165) is 16.9 Å². The number of nitrogens with two attached hydrogens (primary N) is 1. The number of hydrogen-bond acceptors (Lipinski definition) is 2. The normalized spacial score (nSPS) is 11.4. The van der Waals surface area contributed by atoms with Crippen LogP contribution < -0.4 is 10.5 Å². The van der Waals surface area contributed by atoms with Crippen molar-refractivity contribution >= 4 is 0 Å². The van der Waals surface area contributed by atoms with Crippen LogP contribution in [0, 0.1) is 0 Å².